The summed E-state index contributed by atoms with van der Waals surface area (Å²) in [6.45, 7) is 5.98. The van der Waals surface area contributed by atoms with Gasteiger partial charge in [-0.3, -0.25) is 4.79 Å². The van der Waals surface area contributed by atoms with Crippen molar-refractivity contribution in [3.05, 3.63) is 29.0 Å². The smallest absolute Gasteiger partial charge is 0.236 e. The van der Waals surface area contributed by atoms with Gasteiger partial charge < -0.3 is 9.32 Å². The van der Waals surface area contributed by atoms with E-state index in [-0.39, 0.29) is 11.9 Å². The van der Waals surface area contributed by atoms with E-state index in [1.807, 2.05) is 38.4 Å². The predicted molar refractivity (Wildman–Crippen MR) is 80.8 cm³/mol. The van der Waals surface area contributed by atoms with E-state index < -0.39 is 0 Å². The van der Waals surface area contributed by atoms with Gasteiger partial charge in [0.15, 0.2) is 0 Å². The number of likely N-dealkylation sites (N-methyl/N-ethyl adjacent to an activating group) is 1. The van der Waals surface area contributed by atoms with Gasteiger partial charge in [0.2, 0.25) is 11.8 Å². The Balaban J connectivity index is 2.12. The van der Waals surface area contributed by atoms with Crippen molar-refractivity contribution in [1.29, 1.82) is 0 Å². The highest BCUT2D eigenvalue weighted by Crippen LogP contribution is 2.26. The normalized spacial score (nSPS) is 12.4. The predicted octanol–water partition coefficient (Wildman–Crippen LogP) is 3.51. The first-order chi connectivity index (χ1) is 9.52. The number of aromatic nitrogens is 1. The molecule has 1 unspecified atom stereocenters. The Morgan fingerprint density at radius 1 is 1.55 bits per heavy atom. The molecule has 2 rings (SSSR count). The third-order valence-corrected chi connectivity index (χ3v) is 4.45. The molecule has 0 saturated carbocycles. The molecule has 0 aliphatic rings. The molecular weight excluding hydrogens is 272 g/mol. The number of hydrogen-bond donors (Lipinski definition) is 0. The molecule has 5 heteroatoms. The van der Waals surface area contributed by atoms with Crippen molar-refractivity contribution >= 4 is 17.2 Å². The lowest BCUT2D eigenvalue weighted by Crippen LogP contribution is -2.35. The molecular formula is C15H20N2O2S. The molecule has 0 fully saturated rings. The van der Waals surface area contributed by atoms with Gasteiger partial charge >= 0.3 is 0 Å². The van der Waals surface area contributed by atoms with Crippen molar-refractivity contribution in [2.75, 3.05) is 7.05 Å². The number of carbonyl (C=O) groups is 1. The molecule has 0 saturated heterocycles. The monoisotopic (exact) mass is 292 g/mol. The van der Waals surface area contributed by atoms with Gasteiger partial charge in [-0.15, -0.1) is 11.3 Å². The fourth-order valence-electron chi connectivity index (χ4n) is 1.89. The van der Waals surface area contributed by atoms with Crippen molar-refractivity contribution in [1.82, 2.24) is 9.88 Å². The topological polar surface area (TPSA) is 46.3 Å². The van der Waals surface area contributed by atoms with Crippen LogP contribution in [0.4, 0.5) is 0 Å². The maximum Gasteiger partial charge on any atom is 0.236 e. The SMILES string of the molecule is CCC(C)N(C)C(=O)Cc1nc(-c2cccs2)oc1C. The van der Waals surface area contributed by atoms with Crippen LogP contribution in [-0.4, -0.2) is 28.9 Å². The number of oxazole rings is 1. The number of hydrogen-bond acceptors (Lipinski definition) is 4. The summed E-state index contributed by atoms with van der Waals surface area (Å²) in [6, 6.07) is 4.17. The fraction of sp³-hybridized carbons (Fsp3) is 0.467. The van der Waals surface area contributed by atoms with E-state index in [9.17, 15) is 4.79 Å². The van der Waals surface area contributed by atoms with Gasteiger partial charge in [-0.25, -0.2) is 4.98 Å². The number of aryl methyl sites for hydroxylation is 1. The molecule has 0 aliphatic heterocycles. The molecule has 2 aromatic rings. The molecule has 0 radical (unpaired) electrons. The minimum absolute atomic E-state index is 0.0773. The third kappa shape index (κ3) is 3.10. The minimum Gasteiger partial charge on any atom is -0.440 e. The van der Waals surface area contributed by atoms with E-state index in [0.29, 0.717) is 12.3 Å². The van der Waals surface area contributed by atoms with Crippen LogP contribution in [0.3, 0.4) is 0 Å². The summed E-state index contributed by atoms with van der Waals surface area (Å²) < 4.78 is 5.66. The standard InChI is InChI=1S/C15H20N2O2S/c1-5-10(2)17(4)14(18)9-12-11(3)19-15(16-12)13-7-6-8-20-13/h6-8,10H,5,9H2,1-4H3. The quantitative estimate of drug-likeness (QED) is 0.847. The molecule has 0 bridgehead atoms. The van der Waals surface area contributed by atoms with Gasteiger partial charge in [-0.1, -0.05) is 13.0 Å². The fourth-order valence-corrected chi connectivity index (χ4v) is 2.53. The Hall–Kier alpha value is -1.62. The lowest BCUT2D eigenvalue weighted by Gasteiger charge is -2.23. The van der Waals surface area contributed by atoms with Gasteiger partial charge in [0, 0.05) is 13.1 Å². The number of thiophene rings is 1. The van der Waals surface area contributed by atoms with Crippen LogP contribution in [0.2, 0.25) is 0 Å². The molecule has 108 valence electrons. The lowest BCUT2D eigenvalue weighted by atomic mass is 10.2. The van der Waals surface area contributed by atoms with Crippen LogP contribution in [0, 0.1) is 6.92 Å². The number of nitrogens with zero attached hydrogens (tertiary/aromatic N) is 2. The highest BCUT2D eigenvalue weighted by Gasteiger charge is 2.19. The van der Waals surface area contributed by atoms with E-state index in [0.717, 1.165) is 22.8 Å². The van der Waals surface area contributed by atoms with E-state index in [2.05, 4.69) is 11.9 Å². The summed E-state index contributed by atoms with van der Waals surface area (Å²) in [5, 5.41) is 1.98. The molecule has 0 aromatic carbocycles. The molecule has 0 N–H and O–H groups in total. The van der Waals surface area contributed by atoms with Crippen molar-refractivity contribution < 1.29 is 9.21 Å². The Morgan fingerprint density at radius 3 is 2.90 bits per heavy atom. The van der Waals surface area contributed by atoms with Crippen molar-refractivity contribution in [3.63, 3.8) is 0 Å². The molecule has 0 aliphatic carbocycles. The van der Waals surface area contributed by atoms with Crippen LogP contribution in [0.25, 0.3) is 10.8 Å². The number of carbonyl (C=O) groups excluding carboxylic acids is 1. The third-order valence-electron chi connectivity index (χ3n) is 3.59. The van der Waals surface area contributed by atoms with E-state index in [1.165, 1.54) is 0 Å². The van der Waals surface area contributed by atoms with Gasteiger partial charge in [0.25, 0.3) is 0 Å². The first kappa shape index (κ1) is 14.8. The molecule has 1 amide bonds. The van der Waals surface area contributed by atoms with Crippen molar-refractivity contribution in [2.45, 2.75) is 39.7 Å². The van der Waals surface area contributed by atoms with Crippen LogP contribution >= 0.6 is 11.3 Å². The van der Waals surface area contributed by atoms with E-state index in [4.69, 9.17) is 4.42 Å². The van der Waals surface area contributed by atoms with Gasteiger partial charge in [-0.2, -0.15) is 0 Å². The van der Waals surface area contributed by atoms with Crippen LogP contribution in [0.15, 0.2) is 21.9 Å². The summed E-state index contributed by atoms with van der Waals surface area (Å²) in [4.78, 5) is 19.4. The summed E-state index contributed by atoms with van der Waals surface area (Å²) >= 11 is 1.58. The van der Waals surface area contributed by atoms with E-state index in [1.54, 1.807) is 16.2 Å². The van der Waals surface area contributed by atoms with Gasteiger partial charge in [-0.05, 0) is 31.7 Å². The Kier molecular flexibility index (Phi) is 4.60. The molecule has 2 heterocycles. The highest BCUT2D eigenvalue weighted by atomic mass is 32.1. The summed E-state index contributed by atoms with van der Waals surface area (Å²) in [7, 11) is 1.84. The zero-order chi connectivity index (χ0) is 14.7. The maximum absolute atomic E-state index is 12.2. The van der Waals surface area contributed by atoms with Crippen LogP contribution < -0.4 is 0 Å². The second kappa shape index (κ2) is 6.22. The zero-order valence-electron chi connectivity index (χ0n) is 12.3. The lowest BCUT2D eigenvalue weighted by molar-refractivity contribution is -0.131. The molecule has 0 spiro atoms. The first-order valence-electron chi connectivity index (χ1n) is 6.78. The Labute approximate surface area is 123 Å². The summed E-state index contributed by atoms with van der Waals surface area (Å²) in [6.07, 6.45) is 1.24. The molecule has 20 heavy (non-hydrogen) atoms. The maximum atomic E-state index is 12.2. The second-order valence-corrected chi connectivity index (χ2v) is 5.89. The Morgan fingerprint density at radius 2 is 2.30 bits per heavy atom. The minimum atomic E-state index is 0.0773. The second-order valence-electron chi connectivity index (χ2n) is 4.94. The molecule has 2 aromatic heterocycles. The van der Waals surface area contributed by atoms with Crippen LogP contribution in [0.5, 0.6) is 0 Å². The van der Waals surface area contributed by atoms with Crippen molar-refractivity contribution in [2.24, 2.45) is 0 Å². The number of rotatable bonds is 5. The summed E-state index contributed by atoms with van der Waals surface area (Å²) in [5.74, 6) is 1.40. The van der Waals surface area contributed by atoms with E-state index >= 15 is 0 Å². The number of amides is 1. The first-order valence-corrected chi connectivity index (χ1v) is 7.66. The van der Waals surface area contributed by atoms with Crippen molar-refractivity contribution in [3.8, 4) is 10.8 Å². The van der Waals surface area contributed by atoms with Crippen LogP contribution in [0.1, 0.15) is 31.7 Å². The Bertz CT molecular complexity index is 575. The van der Waals surface area contributed by atoms with Gasteiger partial charge in [0.05, 0.1) is 17.0 Å². The highest BCUT2D eigenvalue weighted by molar-refractivity contribution is 7.13. The van der Waals surface area contributed by atoms with Crippen LogP contribution in [-0.2, 0) is 11.2 Å². The molecule has 4 nitrogen and oxygen atoms in total. The van der Waals surface area contributed by atoms with Gasteiger partial charge in [0.1, 0.15) is 5.76 Å². The average Bonchev–Trinajstić information content (AvgIpc) is 3.07. The molecule has 1 atom stereocenters. The largest absolute Gasteiger partial charge is 0.440 e. The average molecular weight is 292 g/mol. The summed E-state index contributed by atoms with van der Waals surface area (Å²) in [5.41, 5.74) is 0.730. The zero-order valence-corrected chi connectivity index (χ0v) is 13.2.